The third kappa shape index (κ3) is 23.5. The molecule has 11 rings (SSSR count). The number of methoxy groups -OCH3 is 4. The van der Waals surface area contributed by atoms with E-state index in [-0.39, 0.29) is 64.4 Å². The number of benzene rings is 4. The van der Waals surface area contributed by atoms with E-state index in [2.05, 4.69) is 171 Å². The van der Waals surface area contributed by atoms with Gasteiger partial charge in [-0.2, -0.15) is 0 Å². The topological polar surface area (TPSA) is 288 Å². The van der Waals surface area contributed by atoms with Crippen LogP contribution in [0.1, 0.15) is 201 Å². The van der Waals surface area contributed by atoms with Crippen molar-refractivity contribution in [1.29, 1.82) is 0 Å². The number of β-lactam (4-membered cyclic amide) rings is 5. The summed E-state index contributed by atoms with van der Waals surface area (Å²) in [4.78, 5) is 81.4. The van der Waals surface area contributed by atoms with Crippen LogP contribution in [0.5, 0.6) is 23.0 Å². The number of hydrogen-bond donors (Lipinski definition) is 3. The summed E-state index contributed by atoms with van der Waals surface area (Å²) in [5.74, 6) is -0.158. The highest BCUT2D eigenvalue weighted by atomic mass is 28.4. The minimum atomic E-state index is -2.40. The van der Waals surface area contributed by atoms with Gasteiger partial charge in [0, 0.05) is 29.7 Å². The second kappa shape index (κ2) is 46.3. The second-order valence-corrected chi connectivity index (χ2v) is 61.5. The van der Waals surface area contributed by atoms with Crippen molar-refractivity contribution >= 4 is 91.5 Å². The zero-order valence-electron chi connectivity index (χ0n) is 83.8. The van der Waals surface area contributed by atoms with Crippen LogP contribution in [-0.4, -0.2) is 244 Å². The molecule has 0 aromatic heterocycles. The Bertz CT molecular complexity index is 4140. The molecule has 7 heterocycles. The molecular weight excluding hydrogens is 1760 g/mol. The molecule has 15 atom stereocenters. The first-order chi connectivity index (χ1) is 61.2. The maximum Gasteiger partial charge on any atom is 0.303 e. The van der Waals surface area contributed by atoms with Crippen LogP contribution >= 0.6 is 0 Å². The lowest BCUT2D eigenvalue weighted by atomic mass is 9.91. The first kappa shape index (κ1) is 111. The third-order valence-corrected chi connectivity index (χ3v) is 51.9. The molecule has 7 aliphatic rings. The fourth-order valence-electron chi connectivity index (χ4n) is 21.6. The van der Waals surface area contributed by atoms with Gasteiger partial charge in [0.25, 0.3) is 29.5 Å². The van der Waals surface area contributed by atoms with Gasteiger partial charge in [0.2, 0.25) is 39.4 Å². The van der Waals surface area contributed by atoms with Gasteiger partial charge in [0.1, 0.15) is 91.2 Å². The normalized spacial score (nSPS) is 24.4. The van der Waals surface area contributed by atoms with Crippen LogP contribution in [-0.2, 0) is 70.2 Å². The van der Waals surface area contributed by atoms with E-state index in [4.69, 9.17) is 60.3 Å². The zero-order valence-corrected chi connectivity index (χ0v) is 87.8. The molecule has 0 saturated carbocycles. The first-order valence-electron chi connectivity index (χ1n) is 46.6. The molecule has 4 aromatic rings. The number of hydrogen-bond acceptors (Lipinski definition) is 21. The molecule has 4 aromatic carbocycles. The number of amides is 5. The van der Waals surface area contributed by atoms with Crippen molar-refractivity contribution in [2.45, 2.75) is 370 Å². The van der Waals surface area contributed by atoms with Gasteiger partial charge in [0.05, 0.1) is 66.4 Å². The lowest BCUT2D eigenvalue weighted by Gasteiger charge is -2.54. The molecule has 131 heavy (non-hydrogen) atoms. The van der Waals surface area contributed by atoms with Crippen molar-refractivity contribution in [2.24, 2.45) is 0 Å². The fraction of sp³-hybridized carbons (Fsp3) is 0.691. The van der Waals surface area contributed by atoms with Crippen molar-refractivity contribution in [3.63, 3.8) is 0 Å². The van der Waals surface area contributed by atoms with E-state index in [0.29, 0.717) is 97.4 Å². The lowest BCUT2D eigenvalue weighted by Crippen LogP contribution is -2.73. The molecule has 0 radical (unpaired) electrons. The Labute approximate surface area is 781 Å². The van der Waals surface area contributed by atoms with Crippen LogP contribution in [0.3, 0.4) is 0 Å². The number of halogens is 4. The number of aliphatic hydroxyl groups is 2. The minimum absolute atomic E-state index is 0.00213. The molecule has 7 aliphatic heterocycles. The highest BCUT2D eigenvalue weighted by Gasteiger charge is 2.64. The Morgan fingerprint density at radius 3 is 0.908 bits per heavy atom. The summed E-state index contributed by atoms with van der Waals surface area (Å²) < 4.78 is 130. The number of esters is 1. The summed E-state index contributed by atoms with van der Waals surface area (Å²) in [6, 6.07) is 25.5. The highest BCUT2D eigenvalue weighted by Crippen LogP contribution is 2.52. The molecule has 3 N–H and O–H groups in total. The Morgan fingerprint density at radius 1 is 0.405 bits per heavy atom. The third-order valence-electron chi connectivity index (χ3n) is 27.6. The van der Waals surface area contributed by atoms with Crippen molar-refractivity contribution in [2.75, 3.05) is 81.2 Å². The molecule has 0 aliphatic carbocycles. The number of alkyl halides is 4. The average Bonchev–Trinajstić information content (AvgIpc) is 1.63. The molecule has 0 bridgehead atoms. The number of carbonyl (C=O) groups is 6. The Balaban J connectivity index is 0.000000225. The number of anilines is 4. The van der Waals surface area contributed by atoms with Crippen LogP contribution in [0.15, 0.2) is 97.1 Å². The van der Waals surface area contributed by atoms with Gasteiger partial charge in [-0.25, -0.2) is 17.6 Å². The molecule has 7 saturated heterocycles. The van der Waals surface area contributed by atoms with E-state index in [9.17, 15) is 56.5 Å². The van der Waals surface area contributed by atoms with Gasteiger partial charge in [0.15, 0.2) is 23.9 Å². The first-order valence-corrected chi connectivity index (χ1v) is 55.1. The number of nitrogens with zero attached hydrogens (tertiary/aromatic N) is 4. The van der Waals surface area contributed by atoms with E-state index in [0.717, 1.165) is 11.4 Å². The zero-order chi connectivity index (χ0) is 98.7. The highest BCUT2D eigenvalue weighted by molar-refractivity contribution is 6.79. The van der Waals surface area contributed by atoms with Crippen LogP contribution in [0.25, 0.3) is 0 Å². The van der Waals surface area contributed by atoms with Gasteiger partial charge in [-0.1, -0.05) is 166 Å². The summed E-state index contributed by atoms with van der Waals surface area (Å²) >= 11 is 0. The van der Waals surface area contributed by atoms with E-state index in [1.54, 1.807) is 106 Å². The number of aliphatic hydroxyl groups excluding tert-OH is 2. The lowest BCUT2D eigenvalue weighted by molar-refractivity contribution is -0.171. The Morgan fingerprint density at radius 2 is 0.656 bits per heavy atom. The van der Waals surface area contributed by atoms with Gasteiger partial charge in [-0.15, -0.1) is 0 Å². The van der Waals surface area contributed by atoms with Crippen molar-refractivity contribution in [1.82, 2.24) is 5.32 Å². The molecule has 738 valence electrons. The monoisotopic (exact) mass is 1910 g/mol. The van der Waals surface area contributed by atoms with Crippen LogP contribution < -0.4 is 43.9 Å². The molecule has 0 unspecified atom stereocenters. The predicted octanol–water partition coefficient (Wildman–Crippen LogP) is 18.6. The van der Waals surface area contributed by atoms with Crippen molar-refractivity contribution in [3.05, 3.63) is 97.1 Å². The molecule has 34 heteroatoms. The summed E-state index contributed by atoms with van der Waals surface area (Å²) in [5.41, 5.74) is 6.53. The largest absolute Gasteiger partial charge is 0.497 e. The molecule has 5 amide bonds. The van der Waals surface area contributed by atoms with E-state index in [1.165, 1.54) is 16.7 Å². The van der Waals surface area contributed by atoms with Gasteiger partial charge in [-0.3, -0.25) is 33.7 Å². The maximum atomic E-state index is 14.6. The van der Waals surface area contributed by atoms with Crippen LogP contribution in [0.4, 0.5) is 40.3 Å². The van der Waals surface area contributed by atoms with Crippen molar-refractivity contribution < 1.29 is 117 Å². The standard InChI is InChI=1S/C24H39NO5Si.C21H33F2NO3Si.C21H35NO5Si.C17H21NO6.C14H27F2NO2Si/c1-15(2)31(16(3)4,17(5)6)30-22-21(20-14-28-24(7,8)29-20)25(23(22)26)18-10-12-19(27-9)13-11-18;1-13(2)28(14(3)4,15(5)6)27-20-19(18(23)12-22)24(21(20)25)16-8-10-17(26-7)11-9-16;1-13(2)28(14(3)4,15(5)6)27-20-19(18(24)12-23)22(21(20)25)16-8-10-17(26-7)11-9-16;1-10(19)23-15-14(13-9-22-17(2,3)24-13)18(16(15)20)11-5-7-12(21-4)8-6-11;1-8(2)20(9(3)4,10(5)6)19-13-12(11(16)7-15)17-14(13)18/h10-13,15-17,20-22H,14H2,1-9H3;8-11,13-15,18-20H,12H2,1-7H3;8-11,13-15,18-20,23-24H,12H2,1-7H3;5-8,13-15H,9H2,1-4H3;8-13H,7H2,1-6H3,(H,17,18)/t20-,21+,22-;18-,19-,20+;18-,19+,20-;13-,14+,15-;11-,12-,13+/m10110/s1. The van der Waals surface area contributed by atoms with Gasteiger partial charge >= 0.3 is 5.97 Å². The summed E-state index contributed by atoms with van der Waals surface area (Å²) in [6.07, 6.45) is -9.02. The van der Waals surface area contributed by atoms with Crippen LogP contribution in [0, 0.1) is 0 Å². The van der Waals surface area contributed by atoms with Crippen molar-refractivity contribution in [3.8, 4) is 23.0 Å². The number of carbonyl (C=O) groups excluding carboxylic acids is 6. The van der Waals surface area contributed by atoms with Gasteiger partial charge < -0.3 is 90.6 Å². The average molecular weight is 1920 g/mol. The predicted molar refractivity (Wildman–Crippen MR) is 513 cm³/mol. The Hall–Kier alpha value is -6.91. The van der Waals surface area contributed by atoms with Crippen LogP contribution in [0.2, 0.25) is 66.5 Å². The SMILES string of the molecule is CC(C)[Si](O[C@H]1C(=O)N[C@H]1[C@@H](F)CF)(C(C)C)C(C)C.COc1ccc(N2C(=O)[C@H](OC(C)=O)[C@@H]2[C@H]2COC(C)(C)O2)cc1.COc1ccc(N2C(=O)[C@H](O[Si](C(C)C)(C(C)C)C(C)C)[C@@H]2[C@@H](F)CF)cc1.COc1ccc(N2C(=O)[C@H](O[Si](C(C)C)(C(C)C)C(C)C)[C@@H]2[C@H](O)CO)cc1.COc1ccc(N2C(=O)[C@H](O[Si](C(C)C)(C(C)C)C(C)C)[C@@H]2[C@H]2COC(C)(C)O2)cc1. The molecular formula is C97H155F4N5O21Si4. The molecule has 26 nitrogen and oxygen atoms in total. The van der Waals surface area contributed by atoms with E-state index >= 15 is 0 Å². The fourth-order valence-corrected chi connectivity index (χ4v) is 43.6. The number of nitrogens with one attached hydrogen (secondary N) is 1. The summed E-state index contributed by atoms with van der Waals surface area (Å²) in [5, 5.41) is 22.5. The number of ether oxygens (including phenoxy) is 9. The smallest absolute Gasteiger partial charge is 0.303 e. The van der Waals surface area contributed by atoms with E-state index in [1.807, 2.05) is 56.9 Å². The second-order valence-electron chi connectivity index (χ2n) is 39.9. The molecule has 7 fully saturated rings. The van der Waals surface area contributed by atoms with Gasteiger partial charge in [-0.05, 0) is 191 Å². The minimum Gasteiger partial charge on any atom is -0.497 e. The quantitative estimate of drug-likeness (QED) is 0.0164. The maximum absolute atomic E-state index is 14.6. The number of rotatable bonds is 37. The summed E-state index contributed by atoms with van der Waals surface area (Å²) in [7, 11) is -2.86. The van der Waals surface area contributed by atoms with E-state index < -0.39 is 144 Å². The summed E-state index contributed by atoms with van der Waals surface area (Å²) in [6.45, 7) is 58.5. The Kier molecular flexibility index (Phi) is 39.3. The molecule has 0 spiro atoms.